The van der Waals surface area contributed by atoms with Crippen LogP contribution in [0, 0.1) is 11.8 Å². The molecule has 2 rings (SSSR count). The molecular weight excluding hydrogens is 210 g/mol. The van der Waals surface area contributed by atoms with E-state index in [4.69, 9.17) is 0 Å². The second-order valence-electron chi connectivity index (χ2n) is 4.06. The molecule has 88 valence electrons. The van der Waals surface area contributed by atoms with Gasteiger partial charge in [0, 0.05) is 18.7 Å². The Labute approximate surface area is 102 Å². The largest absolute Gasteiger partial charge is 0.223 e. The van der Waals surface area contributed by atoms with Crippen molar-refractivity contribution in [2.24, 2.45) is 0 Å². The zero-order valence-corrected chi connectivity index (χ0v) is 10.2. The quantitative estimate of drug-likeness (QED) is 0.593. The first-order valence-corrected chi connectivity index (χ1v) is 6.19. The monoisotopic (exact) mass is 227 g/mol. The van der Waals surface area contributed by atoms with Crippen molar-refractivity contribution in [2.45, 2.75) is 39.0 Å². The van der Waals surface area contributed by atoms with E-state index in [1.165, 1.54) is 25.7 Å². The lowest BCUT2D eigenvalue weighted by Crippen LogP contribution is -1.91. The Morgan fingerprint density at radius 2 is 2.18 bits per heavy atom. The van der Waals surface area contributed by atoms with Gasteiger partial charge in [-0.25, -0.2) is 9.50 Å². The Bertz CT molecular complexity index is 531. The minimum Gasteiger partial charge on any atom is -0.223 e. The first-order valence-electron chi connectivity index (χ1n) is 6.19. The van der Waals surface area contributed by atoms with Gasteiger partial charge in [0.15, 0.2) is 5.65 Å². The second kappa shape index (κ2) is 6.05. The lowest BCUT2D eigenvalue weighted by Gasteiger charge is -1.93. The van der Waals surface area contributed by atoms with Crippen LogP contribution in [-0.2, 0) is 0 Å². The Kier molecular flexibility index (Phi) is 4.15. The van der Waals surface area contributed by atoms with E-state index < -0.39 is 0 Å². The molecule has 0 aromatic carbocycles. The van der Waals surface area contributed by atoms with E-state index in [9.17, 15) is 0 Å². The van der Waals surface area contributed by atoms with Gasteiger partial charge in [0.25, 0.3) is 0 Å². The highest BCUT2D eigenvalue weighted by Gasteiger charge is 1.94. The van der Waals surface area contributed by atoms with Crippen LogP contribution in [0.4, 0.5) is 0 Å². The second-order valence-corrected chi connectivity index (χ2v) is 4.06. The molecule has 2 aromatic rings. The maximum Gasteiger partial charge on any atom is 0.156 e. The topological polar surface area (TPSA) is 30.2 Å². The van der Waals surface area contributed by atoms with Crippen molar-refractivity contribution in [3.63, 3.8) is 0 Å². The molecule has 3 nitrogen and oxygen atoms in total. The normalized spacial score (nSPS) is 10.2. The van der Waals surface area contributed by atoms with Crippen LogP contribution >= 0.6 is 0 Å². The smallest absolute Gasteiger partial charge is 0.156 e. The van der Waals surface area contributed by atoms with Gasteiger partial charge in [-0.2, -0.15) is 5.10 Å². The van der Waals surface area contributed by atoms with Crippen molar-refractivity contribution in [2.75, 3.05) is 0 Å². The molecule has 0 unspecified atom stereocenters. The Morgan fingerprint density at radius 3 is 3.06 bits per heavy atom. The summed E-state index contributed by atoms with van der Waals surface area (Å²) in [5.41, 5.74) is 1.68. The third-order valence-corrected chi connectivity index (χ3v) is 2.63. The van der Waals surface area contributed by atoms with E-state index in [1.807, 2.05) is 18.3 Å². The standard InChI is InChI=1S/C14H17N3/c1-2-3-4-5-6-7-8-13-10-12-17-14(16-13)9-11-15-17/h9-12H,2-6H2,1H3. The summed E-state index contributed by atoms with van der Waals surface area (Å²) in [7, 11) is 0. The van der Waals surface area contributed by atoms with Crippen molar-refractivity contribution in [1.82, 2.24) is 14.6 Å². The molecule has 0 spiro atoms. The van der Waals surface area contributed by atoms with Gasteiger partial charge < -0.3 is 0 Å². The first kappa shape index (κ1) is 11.7. The molecule has 0 bridgehead atoms. The summed E-state index contributed by atoms with van der Waals surface area (Å²) in [5, 5.41) is 4.10. The molecule has 2 aromatic heterocycles. The predicted molar refractivity (Wildman–Crippen MR) is 68.6 cm³/mol. The van der Waals surface area contributed by atoms with E-state index in [2.05, 4.69) is 28.8 Å². The third kappa shape index (κ3) is 3.32. The molecule has 0 aliphatic heterocycles. The fraction of sp³-hybridized carbons (Fsp3) is 0.429. The summed E-state index contributed by atoms with van der Waals surface area (Å²) >= 11 is 0. The SMILES string of the molecule is CCCCCCC#Cc1ccn2nccc2n1. The van der Waals surface area contributed by atoms with Crippen molar-refractivity contribution >= 4 is 5.65 Å². The van der Waals surface area contributed by atoms with Gasteiger partial charge in [0.2, 0.25) is 0 Å². The summed E-state index contributed by atoms with van der Waals surface area (Å²) in [4.78, 5) is 4.40. The van der Waals surface area contributed by atoms with E-state index in [0.717, 1.165) is 17.8 Å². The van der Waals surface area contributed by atoms with Crippen LogP contribution in [-0.4, -0.2) is 14.6 Å². The van der Waals surface area contributed by atoms with Crippen molar-refractivity contribution in [3.05, 3.63) is 30.2 Å². The number of nitrogens with zero attached hydrogens (tertiary/aromatic N) is 3. The van der Waals surface area contributed by atoms with Crippen molar-refractivity contribution < 1.29 is 0 Å². The molecule has 3 heteroatoms. The van der Waals surface area contributed by atoms with E-state index in [0.29, 0.717) is 0 Å². The Morgan fingerprint density at radius 1 is 1.24 bits per heavy atom. The molecule has 0 saturated carbocycles. The predicted octanol–water partition coefficient (Wildman–Crippen LogP) is 3.05. The van der Waals surface area contributed by atoms with Crippen molar-refractivity contribution in [3.8, 4) is 11.8 Å². The summed E-state index contributed by atoms with van der Waals surface area (Å²) in [6, 6.07) is 3.78. The summed E-state index contributed by atoms with van der Waals surface area (Å²) < 4.78 is 1.74. The molecule has 0 N–H and O–H groups in total. The van der Waals surface area contributed by atoms with Crippen LogP contribution in [0.2, 0.25) is 0 Å². The number of rotatable bonds is 4. The highest BCUT2D eigenvalue weighted by atomic mass is 15.2. The van der Waals surface area contributed by atoms with Crippen LogP contribution < -0.4 is 0 Å². The number of hydrogen-bond donors (Lipinski definition) is 0. The number of fused-ring (bicyclic) bond motifs is 1. The van der Waals surface area contributed by atoms with Gasteiger partial charge >= 0.3 is 0 Å². The zero-order chi connectivity index (χ0) is 11.9. The molecular formula is C14H17N3. The van der Waals surface area contributed by atoms with Gasteiger partial charge in [-0.1, -0.05) is 32.1 Å². The molecule has 0 amide bonds. The van der Waals surface area contributed by atoms with Gasteiger partial charge in [-0.05, 0) is 18.4 Å². The fourth-order valence-electron chi connectivity index (χ4n) is 1.68. The van der Waals surface area contributed by atoms with Crippen LogP contribution in [0.15, 0.2) is 24.5 Å². The van der Waals surface area contributed by atoms with Crippen LogP contribution in [0.25, 0.3) is 5.65 Å². The van der Waals surface area contributed by atoms with E-state index in [-0.39, 0.29) is 0 Å². The van der Waals surface area contributed by atoms with Gasteiger partial charge in [0.05, 0.1) is 6.20 Å². The summed E-state index contributed by atoms with van der Waals surface area (Å²) in [5.74, 6) is 6.28. The van der Waals surface area contributed by atoms with E-state index in [1.54, 1.807) is 10.7 Å². The summed E-state index contributed by atoms with van der Waals surface area (Å²) in [6.07, 6.45) is 9.64. The van der Waals surface area contributed by atoms with Gasteiger partial charge in [-0.15, -0.1) is 0 Å². The maximum atomic E-state index is 4.40. The lowest BCUT2D eigenvalue weighted by atomic mass is 10.1. The highest BCUT2D eigenvalue weighted by molar-refractivity contribution is 5.40. The van der Waals surface area contributed by atoms with Gasteiger partial charge in [-0.3, -0.25) is 0 Å². The molecule has 0 aliphatic rings. The third-order valence-electron chi connectivity index (χ3n) is 2.63. The molecule has 0 fully saturated rings. The average Bonchev–Trinajstić information content (AvgIpc) is 2.81. The van der Waals surface area contributed by atoms with Crippen LogP contribution in [0.3, 0.4) is 0 Å². The molecule has 0 saturated heterocycles. The minimum atomic E-state index is 0.827. The number of hydrogen-bond acceptors (Lipinski definition) is 2. The van der Waals surface area contributed by atoms with E-state index >= 15 is 0 Å². The maximum absolute atomic E-state index is 4.40. The minimum absolute atomic E-state index is 0.827. The van der Waals surface area contributed by atoms with Crippen LogP contribution in [0.5, 0.6) is 0 Å². The number of aromatic nitrogens is 3. The first-order chi connectivity index (χ1) is 8.40. The fourth-order valence-corrected chi connectivity index (χ4v) is 1.68. The zero-order valence-electron chi connectivity index (χ0n) is 10.2. The Hall–Kier alpha value is -1.82. The summed E-state index contributed by atoms with van der Waals surface area (Å²) in [6.45, 7) is 2.22. The molecule has 17 heavy (non-hydrogen) atoms. The molecule has 2 heterocycles. The molecule has 0 radical (unpaired) electrons. The molecule has 0 atom stereocenters. The average molecular weight is 227 g/mol. The lowest BCUT2D eigenvalue weighted by molar-refractivity contribution is 0.679. The number of unbranched alkanes of at least 4 members (excludes halogenated alkanes) is 4. The van der Waals surface area contributed by atoms with Crippen LogP contribution in [0.1, 0.15) is 44.7 Å². The Balaban J connectivity index is 1.91. The van der Waals surface area contributed by atoms with Gasteiger partial charge in [0.1, 0.15) is 5.69 Å². The molecule has 0 aliphatic carbocycles. The van der Waals surface area contributed by atoms with Crippen molar-refractivity contribution in [1.29, 1.82) is 0 Å². The highest BCUT2D eigenvalue weighted by Crippen LogP contribution is 2.02.